The molecule has 2 aliphatic carbocycles. The maximum atomic E-state index is 13.9. The molecule has 0 aromatic heterocycles. The van der Waals surface area contributed by atoms with E-state index in [1.54, 1.807) is 12.1 Å². The highest BCUT2D eigenvalue weighted by molar-refractivity contribution is 5.87. The molecule has 2 atom stereocenters. The molecule has 2 unspecified atom stereocenters. The lowest BCUT2D eigenvalue weighted by Crippen LogP contribution is -2.11. The highest BCUT2D eigenvalue weighted by atomic mass is 19.1. The molecule has 1 N–H and O–H groups in total. The Morgan fingerprint density at radius 3 is 2.26 bits per heavy atom. The minimum absolute atomic E-state index is 0.202. The molecule has 2 saturated carbocycles. The summed E-state index contributed by atoms with van der Waals surface area (Å²) in [6.45, 7) is 0. The first-order chi connectivity index (χ1) is 9.23. The number of aliphatic hydroxyl groups is 1. The highest BCUT2D eigenvalue weighted by Crippen LogP contribution is 2.65. The topological polar surface area (TPSA) is 20.2 Å². The van der Waals surface area contributed by atoms with Gasteiger partial charge in [-0.2, -0.15) is 0 Å². The maximum Gasteiger partial charge on any atom is 0.131 e. The van der Waals surface area contributed by atoms with Crippen LogP contribution in [0.3, 0.4) is 0 Å². The second-order valence-electron chi connectivity index (χ2n) is 5.96. The maximum absolute atomic E-state index is 13.9. The minimum atomic E-state index is -0.705. The number of benzene rings is 2. The normalized spacial score (nSPS) is 33.2. The molecular formula is C17H17FO. The van der Waals surface area contributed by atoms with Gasteiger partial charge in [0.25, 0.3) is 0 Å². The van der Waals surface area contributed by atoms with E-state index in [1.165, 1.54) is 18.9 Å². The first-order valence-electron chi connectivity index (χ1n) is 7.13. The van der Waals surface area contributed by atoms with E-state index in [1.807, 2.05) is 18.2 Å². The molecule has 2 aromatic carbocycles. The summed E-state index contributed by atoms with van der Waals surface area (Å²) in [6.07, 6.45) is 4.63. The first-order valence-corrected chi connectivity index (χ1v) is 7.13. The fraction of sp³-hybridized carbons (Fsp3) is 0.412. The molecule has 0 bridgehead atoms. The van der Waals surface area contributed by atoms with Crippen LogP contribution in [0.4, 0.5) is 4.39 Å². The predicted molar refractivity (Wildman–Crippen MR) is 73.3 cm³/mol. The summed E-state index contributed by atoms with van der Waals surface area (Å²) < 4.78 is 13.9. The zero-order valence-corrected chi connectivity index (χ0v) is 10.8. The summed E-state index contributed by atoms with van der Waals surface area (Å²) in [7, 11) is 0. The van der Waals surface area contributed by atoms with Gasteiger partial charge in [-0.25, -0.2) is 4.39 Å². The zero-order chi connectivity index (χ0) is 13.0. The molecule has 0 saturated heterocycles. The van der Waals surface area contributed by atoms with Crippen molar-refractivity contribution >= 4 is 10.8 Å². The molecule has 1 nitrogen and oxygen atoms in total. The SMILES string of the molecule is OC1(c2ccc(F)c3ccccc23)C2CCCCC21. The van der Waals surface area contributed by atoms with E-state index in [0.29, 0.717) is 17.2 Å². The van der Waals surface area contributed by atoms with Crippen molar-refractivity contribution in [3.63, 3.8) is 0 Å². The number of fused-ring (bicyclic) bond motifs is 2. The second kappa shape index (κ2) is 3.80. The molecule has 0 amide bonds. The highest BCUT2D eigenvalue weighted by Gasteiger charge is 2.64. The van der Waals surface area contributed by atoms with Crippen molar-refractivity contribution in [3.05, 3.63) is 47.8 Å². The van der Waals surface area contributed by atoms with E-state index in [-0.39, 0.29) is 5.82 Å². The third kappa shape index (κ3) is 1.44. The van der Waals surface area contributed by atoms with Crippen LogP contribution in [-0.4, -0.2) is 5.11 Å². The molecule has 2 heteroatoms. The van der Waals surface area contributed by atoms with Gasteiger partial charge < -0.3 is 5.11 Å². The van der Waals surface area contributed by atoms with Gasteiger partial charge in [-0.3, -0.25) is 0 Å². The third-order valence-corrected chi connectivity index (χ3v) is 5.09. The number of rotatable bonds is 1. The van der Waals surface area contributed by atoms with Crippen LogP contribution in [0.15, 0.2) is 36.4 Å². The smallest absolute Gasteiger partial charge is 0.131 e. The summed E-state index contributed by atoms with van der Waals surface area (Å²) in [5.74, 6) is 0.566. The summed E-state index contributed by atoms with van der Waals surface area (Å²) in [4.78, 5) is 0. The van der Waals surface area contributed by atoms with Crippen LogP contribution in [0, 0.1) is 17.7 Å². The lowest BCUT2D eigenvalue weighted by Gasteiger charge is -2.15. The quantitative estimate of drug-likeness (QED) is 0.818. The van der Waals surface area contributed by atoms with Crippen LogP contribution in [0.5, 0.6) is 0 Å². The molecule has 4 rings (SSSR count). The predicted octanol–water partition coefficient (Wildman–Crippen LogP) is 3.99. The van der Waals surface area contributed by atoms with Crippen LogP contribution in [-0.2, 0) is 5.60 Å². The Labute approximate surface area is 112 Å². The van der Waals surface area contributed by atoms with Gasteiger partial charge in [0.2, 0.25) is 0 Å². The molecule has 0 heterocycles. The molecular weight excluding hydrogens is 239 g/mol. The van der Waals surface area contributed by atoms with Crippen molar-refractivity contribution in [1.82, 2.24) is 0 Å². The largest absolute Gasteiger partial charge is 0.385 e. The summed E-state index contributed by atoms with van der Waals surface area (Å²) in [5, 5.41) is 12.5. The van der Waals surface area contributed by atoms with Gasteiger partial charge in [-0.1, -0.05) is 43.2 Å². The van der Waals surface area contributed by atoms with E-state index in [2.05, 4.69) is 0 Å². The van der Waals surface area contributed by atoms with Crippen LogP contribution in [0.25, 0.3) is 10.8 Å². The lowest BCUT2D eigenvalue weighted by molar-refractivity contribution is 0.119. The van der Waals surface area contributed by atoms with Gasteiger partial charge in [0.15, 0.2) is 0 Å². The monoisotopic (exact) mass is 256 g/mol. The number of halogens is 1. The molecule has 0 radical (unpaired) electrons. The van der Waals surface area contributed by atoms with Crippen molar-refractivity contribution in [2.45, 2.75) is 31.3 Å². The number of hydrogen-bond donors (Lipinski definition) is 1. The number of hydrogen-bond acceptors (Lipinski definition) is 1. The van der Waals surface area contributed by atoms with Gasteiger partial charge in [0.1, 0.15) is 5.82 Å². The molecule has 0 spiro atoms. The van der Waals surface area contributed by atoms with Crippen molar-refractivity contribution in [3.8, 4) is 0 Å². The standard InChI is InChI=1S/C17H17FO/c18-16-10-9-13(11-5-1-2-6-12(11)16)17(19)14-7-3-4-8-15(14)17/h1-2,5-6,9-10,14-15,19H,3-4,7-8H2. The Kier molecular flexibility index (Phi) is 2.28. The average molecular weight is 256 g/mol. The Balaban J connectivity index is 1.91. The van der Waals surface area contributed by atoms with Gasteiger partial charge in [-0.15, -0.1) is 0 Å². The first kappa shape index (κ1) is 11.4. The van der Waals surface area contributed by atoms with E-state index in [9.17, 15) is 9.50 Å². The summed E-state index contributed by atoms with van der Waals surface area (Å²) in [6, 6.07) is 10.8. The second-order valence-corrected chi connectivity index (χ2v) is 5.96. The van der Waals surface area contributed by atoms with Gasteiger partial charge in [0, 0.05) is 5.39 Å². The third-order valence-electron chi connectivity index (χ3n) is 5.09. The molecule has 98 valence electrons. The van der Waals surface area contributed by atoms with Gasteiger partial charge >= 0.3 is 0 Å². The molecule has 2 aromatic rings. The van der Waals surface area contributed by atoms with Crippen LogP contribution >= 0.6 is 0 Å². The van der Waals surface area contributed by atoms with Crippen molar-refractivity contribution in [2.75, 3.05) is 0 Å². The van der Waals surface area contributed by atoms with Crippen LogP contribution < -0.4 is 0 Å². The molecule has 0 aliphatic heterocycles. The van der Waals surface area contributed by atoms with E-state index in [0.717, 1.165) is 23.8 Å². The van der Waals surface area contributed by atoms with Crippen LogP contribution in [0.1, 0.15) is 31.2 Å². The fourth-order valence-electron chi connectivity index (χ4n) is 4.10. The summed E-state index contributed by atoms with van der Waals surface area (Å²) >= 11 is 0. The Morgan fingerprint density at radius 1 is 0.947 bits per heavy atom. The van der Waals surface area contributed by atoms with Gasteiger partial charge in [0.05, 0.1) is 5.60 Å². The van der Waals surface area contributed by atoms with Crippen molar-refractivity contribution in [1.29, 1.82) is 0 Å². The fourth-order valence-corrected chi connectivity index (χ4v) is 4.10. The summed E-state index contributed by atoms with van der Waals surface area (Å²) in [5.41, 5.74) is 0.227. The zero-order valence-electron chi connectivity index (χ0n) is 10.8. The van der Waals surface area contributed by atoms with Crippen LogP contribution in [0.2, 0.25) is 0 Å². The lowest BCUT2D eigenvalue weighted by atomic mass is 9.96. The molecule has 2 aliphatic rings. The van der Waals surface area contributed by atoms with E-state index in [4.69, 9.17) is 0 Å². The molecule has 2 fully saturated rings. The average Bonchev–Trinajstić information content (AvgIpc) is 3.07. The van der Waals surface area contributed by atoms with Crippen molar-refractivity contribution in [2.24, 2.45) is 11.8 Å². The van der Waals surface area contributed by atoms with Crippen molar-refractivity contribution < 1.29 is 9.50 Å². The Hall–Kier alpha value is -1.41. The Bertz CT molecular complexity index is 637. The van der Waals surface area contributed by atoms with E-state index < -0.39 is 5.60 Å². The van der Waals surface area contributed by atoms with Gasteiger partial charge in [-0.05, 0) is 41.7 Å². The molecule has 19 heavy (non-hydrogen) atoms. The van der Waals surface area contributed by atoms with E-state index >= 15 is 0 Å². The Morgan fingerprint density at radius 2 is 1.58 bits per heavy atom. The minimum Gasteiger partial charge on any atom is -0.385 e.